The van der Waals surface area contributed by atoms with E-state index in [0.29, 0.717) is 5.92 Å². The first-order chi connectivity index (χ1) is 6.62. The van der Waals surface area contributed by atoms with E-state index < -0.39 is 0 Å². The molecule has 0 heterocycles. The van der Waals surface area contributed by atoms with E-state index >= 15 is 0 Å². The number of aliphatic hydroxyl groups is 1. The second-order valence-corrected chi connectivity index (χ2v) is 4.10. The van der Waals surface area contributed by atoms with Crippen molar-refractivity contribution in [3.8, 4) is 0 Å². The number of nitrogens with zero attached hydrogens (tertiary/aromatic N) is 1. The van der Waals surface area contributed by atoms with Crippen LogP contribution < -0.4 is 0 Å². The molecule has 2 heteroatoms. The molecule has 0 aliphatic rings. The molecular weight excluding hydrogens is 174 g/mol. The highest BCUT2D eigenvalue weighted by Crippen LogP contribution is 2.30. The number of hydrogen-bond donors (Lipinski definition) is 1. The van der Waals surface area contributed by atoms with Crippen LogP contribution in [0.25, 0.3) is 0 Å². The second-order valence-electron chi connectivity index (χ2n) is 4.10. The Kier molecular flexibility index (Phi) is 6.38. The van der Waals surface area contributed by atoms with Gasteiger partial charge in [-0.2, -0.15) is 0 Å². The first kappa shape index (κ1) is 13.9. The van der Waals surface area contributed by atoms with E-state index in [2.05, 4.69) is 39.5 Å². The van der Waals surface area contributed by atoms with Crippen molar-refractivity contribution < 1.29 is 5.11 Å². The Labute approximate surface area is 89.3 Å². The molecule has 1 N–H and O–H groups in total. The molecule has 0 saturated heterocycles. The van der Waals surface area contributed by atoms with Gasteiger partial charge < -0.3 is 5.11 Å². The molecule has 0 aliphatic carbocycles. The van der Waals surface area contributed by atoms with Crippen LogP contribution in [0.1, 0.15) is 47.5 Å². The number of likely N-dealkylation sites (N-methyl/N-ethyl adjacent to an activating group) is 1. The SMILES string of the molecule is CCC(C)C(CC)(CO)N(CC)CC. The lowest BCUT2D eigenvalue weighted by atomic mass is 9.80. The van der Waals surface area contributed by atoms with E-state index in [-0.39, 0.29) is 12.1 Å². The predicted molar refractivity (Wildman–Crippen MR) is 62.5 cm³/mol. The average molecular weight is 201 g/mol. The van der Waals surface area contributed by atoms with E-state index in [0.717, 1.165) is 25.9 Å². The maximum absolute atomic E-state index is 9.67. The highest BCUT2D eigenvalue weighted by Gasteiger charge is 2.37. The zero-order valence-corrected chi connectivity index (χ0v) is 10.5. The fourth-order valence-corrected chi connectivity index (χ4v) is 2.48. The molecule has 0 saturated carbocycles. The lowest BCUT2D eigenvalue weighted by Gasteiger charge is -2.45. The number of rotatable bonds is 7. The predicted octanol–water partition coefficient (Wildman–Crippen LogP) is 2.52. The summed E-state index contributed by atoms with van der Waals surface area (Å²) in [6.45, 7) is 13.3. The molecule has 0 spiro atoms. The second kappa shape index (κ2) is 6.41. The van der Waals surface area contributed by atoms with E-state index in [1.54, 1.807) is 0 Å². The van der Waals surface area contributed by atoms with E-state index in [1.807, 2.05) is 0 Å². The summed E-state index contributed by atoms with van der Waals surface area (Å²) in [5.41, 5.74) is -0.00174. The van der Waals surface area contributed by atoms with Gasteiger partial charge in [0.1, 0.15) is 0 Å². The minimum atomic E-state index is -0.00174. The summed E-state index contributed by atoms with van der Waals surface area (Å²) in [7, 11) is 0. The van der Waals surface area contributed by atoms with E-state index in [1.165, 1.54) is 0 Å². The van der Waals surface area contributed by atoms with Crippen molar-refractivity contribution in [1.29, 1.82) is 0 Å². The Hall–Kier alpha value is -0.0800. The van der Waals surface area contributed by atoms with Gasteiger partial charge in [-0.1, -0.05) is 41.0 Å². The molecule has 14 heavy (non-hydrogen) atoms. The molecule has 2 nitrogen and oxygen atoms in total. The molecular formula is C12H27NO. The van der Waals surface area contributed by atoms with E-state index in [9.17, 15) is 5.11 Å². The van der Waals surface area contributed by atoms with Crippen molar-refractivity contribution in [3.63, 3.8) is 0 Å². The molecule has 0 bridgehead atoms. The van der Waals surface area contributed by atoms with Gasteiger partial charge >= 0.3 is 0 Å². The molecule has 0 radical (unpaired) electrons. The van der Waals surface area contributed by atoms with Crippen molar-refractivity contribution in [1.82, 2.24) is 4.90 Å². The van der Waals surface area contributed by atoms with Crippen LogP contribution in [0.4, 0.5) is 0 Å². The fourth-order valence-electron chi connectivity index (χ4n) is 2.48. The van der Waals surface area contributed by atoms with Crippen LogP contribution in [0.2, 0.25) is 0 Å². The molecule has 0 aromatic carbocycles. The minimum absolute atomic E-state index is 0.00174. The van der Waals surface area contributed by atoms with Gasteiger partial charge in [0.15, 0.2) is 0 Å². The molecule has 2 atom stereocenters. The van der Waals surface area contributed by atoms with Crippen LogP contribution in [-0.2, 0) is 0 Å². The summed E-state index contributed by atoms with van der Waals surface area (Å²) in [6.07, 6.45) is 2.16. The lowest BCUT2D eigenvalue weighted by Crippen LogP contribution is -2.55. The van der Waals surface area contributed by atoms with Crippen LogP contribution in [-0.4, -0.2) is 35.2 Å². The van der Waals surface area contributed by atoms with Crippen LogP contribution >= 0.6 is 0 Å². The van der Waals surface area contributed by atoms with E-state index in [4.69, 9.17) is 0 Å². The highest BCUT2D eigenvalue weighted by atomic mass is 16.3. The summed E-state index contributed by atoms with van der Waals surface area (Å²) in [5, 5.41) is 9.67. The summed E-state index contributed by atoms with van der Waals surface area (Å²) in [6, 6.07) is 0. The molecule has 0 rings (SSSR count). The van der Waals surface area contributed by atoms with Crippen molar-refractivity contribution in [3.05, 3.63) is 0 Å². The average Bonchev–Trinajstić information content (AvgIpc) is 2.25. The summed E-state index contributed by atoms with van der Waals surface area (Å²) in [5.74, 6) is 0.553. The summed E-state index contributed by atoms with van der Waals surface area (Å²) in [4.78, 5) is 2.40. The first-order valence-corrected chi connectivity index (χ1v) is 5.98. The van der Waals surface area contributed by atoms with Crippen LogP contribution in [0, 0.1) is 5.92 Å². The van der Waals surface area contributed by atoms with Crippen molar-refractivity contribution >= 4 is 0 Å². The van der Waals surface area contributed by atoms with Gasteiger partial charge in [-0.15, -0.1) is 0 Å². The number of hydrogen-bond acceptors (Lipinski definition) is 2. The van der Waals surface area contributed by atoms with Gasteiger partial charge in [0.05, 0.1) is 6.61 Å². The topological polar surface area (TPSA) is 23.5 Å². The third-order valence-electron chi connectivity index (χ3n) is 3.81. The van der Waals surface area contributed by atoms with Crippen LogP contribution in [0.5, 0.6) is 0 Å². The highest BCUT2D eigenvalue weighted by molar-refractivity contribution is 4.92. The monoisotopic (exact) mass is 201 g/mol. The third-order valence-corrected chi connectivity index (χ3v) is 3.81. The molecule has 86 valence electrons. The molecule has 0 amide bonds. The zero-order chi connectivity index (χ0) is 11.2. The standard InChI is InChI=1S/C12H27NO/c1-6-11(5)12(7-2,10-14)13(8-3)9-4/h11,14H,6-10H2,1-5H3. The molecule has 2 unspecified atom stereocenters. The molecule has 0 aromatic heterocycles. The summed E-state index contributed by atoms with van der Waals surface area (Å²) >= 11 is 0. The van der Waals surface area contributed by atoms with Crippen molar-refractivity contribution in [2.45, 2.75) is 53.0 Å². The number of aliphatic hydroxyl groups excluding tert-OH is 1. The van der Waals surface area contributed by atoms with Gasteiger partial charge in [-0.05, 0) is 25.4 Å². The quantitative estimate of drug-likeness (QED) is 0.684. The van der Waals surface area contributed by atoms with Gasteiger partial charge in [-0.25, -0.2) is 0 Å². The Morgan fingerprint density at radius 1 is 1.14 bits per heavy atom. The largest absolute Gasteiger partial charge is 0.394 e. The normalized spacial score (nSPS) is 18.2. The van der Waals surface area contributed by atoms with Crippen LogP contribution in [0.15, 0.2) is 0 Å². The minimum Gasteiger partial charge on any atom is -0.394 e. The van der Waals surface area contributed by atoms with Gasteiger partial charge in [-0.3, -0.25) is 4.90 Å². The van der Waals surface area contributed by atoms with Gasteiger partial charge in [0.2, 0.25) is 0 Å². The maximum atomic E-state index is 9.67. The maximum Gasteiger partial charge on any atom is 0.0617 e. The Morgan fingerprint density at radius 2 is 1.64 bits per heavy atom. The Balaban J connectivity index is 4.83. The lowest BCUT2D eigenvalue weighted by molar-refractivity contribution is -0.00972. The summed E-state index contributed by atoms with van der Waals surface area (Å²) < 4.78 is 0. The Bertz CT molecular complexity index is 139. The zero-order valence-electron chi connectivity index (χ0n) is 10.5. The smallest absolute Gasteiger partial charge is 0.0617 e. The molecule has 0 aliphatic heterocycles. The van der Waals surface area contributed by atoms with Gasteiger partial charge in [0, 0.05) is 5.54 Å². The van der Waals surface area contributed by atoms with Crippen molar-refractivity contribution in [2.24, 2.45) is 5.92 Å². The van der Waals surface area contributed by atoms with Gasteiger partial charge in [0.25, 0.3) is 0 Å². The molecule has 0 fully saturated rings. The van der Waals surface area contributed by atoms with Crippen molar-refractivity contribution in [2.75, 3.05) is 19.7 Å². The first-order valence-electron chi connectivity index (χ1n) is 5.98. The third kappa shape index (κ3) is 2.48. The Morgan fingerprint density at radius 3 is 1.86 bits per heavy atom. The fraction of sp³-hybridized carbons (Fsp3) is 1.00. The molecule has 0 aromatic rings. The van der Waals surface area contributed by atoms with Crippen LogP contribution in [0.3, 0.4) is 0 Å².